The van der Waals surface area contributed by atoms with Crippen molar-refractivity contribution in [2.75, 3.05) is 31.5 Å². The summed E-state index contributed by atoms with van der Waals surface area (Å²) in [5.74, 6) is 0.807. The maximum atomic E-state index is 12.9. The molecule has 2 saturated heterocycles. The summed E-state index contributed by atoms with van der Waals surface area (Å²) in [5, 5.41) is 8.95. The number of hydrogen-bond donors (Lipinski definition) is 3. The van der Waals surface area contributed by atoms with Crippen molar-refractivity contribution in [3.05, 3.63) is 60.2 Å². The molecule has 3 N–H and O–H groups in total. The van der Waals surface area contributed by atoms with Crippen LogP contribution in [0.3, 0.4) is 0 Å². The SMILES string of the molecule is CC(NC(=O)Nc1ccc(S(=O)(=O)N2CC3CNCC3C2)cc1)c1ccccc1.Cl. The Balaban J connectivity index is 0.00000256. The van der Waals surface area contributed by atoms with Gasteiger partial charge in [0.1, 0.15) is 0 Å². The lowest BCUT2D eigenvalue weighted by molar-refractivity contribution is 0.249. The van der Waals surface area contributed by atoms with Crippen LogP contribution in [0.25, 0.3) is 0 Å². The Morgan fingerprint density at radius 1 is 1.03 bits per heavy atom. The van der Waals surface area contributed by atoms with Crippen LogP contribution in [-0.4, -0.2) is 44.9 Å². The normalized spacial score (nSPS) is 22.0. The lowest BCUT2D eigenvalue weighted by Crippen LogP contribution is -2.32. The molecular weight excluding hydrogens is 424 g/mol. The second-order valence-corrected chi connectivity index (χ2v) is 9.69. The molecule has 2 aromatic rings. The van der Waals surface area contributed by atoms with Gasteiger partial charge in [0.15, 0.2) is 0 Å². The maximum Gasteiger partial charge on any atom is 0.319 e. The van der Waals surface area contributed by atoms with Gasteiger partial charge in [0, 0.05) is 18.8 Å². The van der Waals surface area contributed by atoms with Crippen molar-refractivity contribution < 1.29 is 13.2 Å². The topological polar surface area (TPSA) is 90.5 Å². The molecule has 0 bridgehead atoms. The van der Waals surface area contributed by atoms with Crippen LogP contribution in [0.5, 0.6) is 0 Å². The molecular formula is C21H27ClN4O3S. The molecule has 162 valence electrons. The van der Waals surface area contributed by atoms with Crippen LogP contribution in [0.15, 0.2) is 59.5 Å². The number of carbonyl (C=O) groups excluding carboxylic acids is 1. The molecule has 2 aliphatic rings. The van der Waals surface area contributed by atoms with E-state index in [1.165, 1.54) is 0 Å². The van der Waals surface area contributed by atoms with E-state index < -0.39 is 10.0 Å². The Labute approximate surface area is 183 Å². The first-order valence-corrected chi connectivity index (χ1v) is 11.3. The van der Waals surface area contributed by atoms with E-state index in [1.54, 1.807) is 28.6 Å². The Morgan fingerprint density at radius 3 is 2.23 bits per heavy atom. The summed E-state index contributed by atoms with van der Waals surface area (Å²) in [7, 11) is -3.50. The lowest BCUT2D eigenvalue weighted by Gasteiger charge is -2.18. The summed E-state index contributed by atoms with van der Waals surface area (Å²) in [6, 6.07) is 15.6. The fraction of sp³-hybridized carbons (Fsp3) is 0.381. The number of nitrogens with one attached hydrogen (secondary N) is 3. The van der Waals surface area contributed by atoms with Crippen LogP contribution < -0.4 is 16.0 Å². The molecule has 0 saturated carbocycles. The first-order chi connectivity index (χ1) is 13.9. The van der Waals surface area contributed by atoms with Gasteiger partial charge in [0.2, 0.25) is 10.0 Å². The van der Waals surface area contributed by atoms with E-state index in [4.69, 9.17) is 0 Å². The number of hydrogen-bond acceptors (Lipinski definition) is 4. The maximum absolute atomic E-state index is 12.9. The molecule has 2 fully saturated rings. The van der Waals surface area contributed by atoms with Gasteiger partial charge in [-0.25, -0.2) is 13.2 Å². The van der Waals surface area contributed by atoms with Gasteiger partial charge in [-0.3, -0.25) is 0 Å². The summed E-state index contributed by atoms with van der Waals surface area (Å²) in [6.07, 6.45) is 0. The van der Waals surface area contributed by atoms with Gasteiger partial charge >= 0.3 is 6.03 Å². The van der Waals surface area contributed by atoms with Crippen LogP contribution >= 0.6 is 12.4 Å². The standard InChI is InChI=1S/C21H26N4O3S.ClH/c1-15(16-5-3-2-4-6-16)23-21(26)24-19-7-9-20(10-8-19)29(27,28)25-13-17-11-22-12-18(17)14-25;/h2-10,15,17-18,22H,11-14H2,1H3,(H2,23,24,26);1H. The largest absolute Gasteiger partial charge is 0.331 e. The van der Waals surface area contributed by atoms with Gasteiger partial charge < -0.3 is 16.0 Å². The summed E-state index contributed by atoms with van der Waals surface area (Å²) in [4.78, 5) is 12.5. The van der Waals surface area contributed by atoms with Gasteiger partial charge in [-0.05, 0) is 61.7 Å². The Bertz CT molecular complexity index is 958. The molecule has 2 amide bonds. The third kappa shape index (κ3) is 4.78. The average Bonchev–Trinajstić information content (AvgIpc) is 3.31. The number of rotatable bonds is 5. The molecule has 3 unspecified atom stereocenters. The van der Waals surface area contributed by atoms with Crippen LogP contribution in [0.4, 0.5) is 10.5 Å². The Hall–Kier alpha value is -2.13. The van der Waals surface area contributed by atoms with Crippen molar-refractivity contribution in [2.45, 2.75) is 17.9 Å². The highest BCUT2D eigenvalue weighted by Gasteiger charge is 2.41. The van der Waals surface area contributed by atoms with E-state index in [9.17, 15) is 13.2 Å². The molecule has 0 spiro atoms. The van der Waals surface area contributed by atoms with Crippen LogP contribution in [0.1, 0.15) is 18.5 Å². The number of nitrogens with zero attached hydrogens (tertiary/aromatic N) is 1. The molecule has 2 aromatic carbocycles. The molecule has 0 aromatic heterocycles. The number of benzene rings is 2. The van der Waals surface area contributed by atoms with E-state index in [1.807, 2.05) is 37.3 Å². The Morgan fingerprint density at radius 2 is 1.63 bits per heavy atom. The summed E-state index contributed by atoms with van der Waals surface area (Å²) in [5.41, 5.74) is 1.55. The zero-order chi connectivity index (χ0) is 20.4. The van der Waals surface area contributed by atoms with Crippen molar-refractivity contribution in [2.24, 2.45) is 11.8 Å². The second kappa shape index (κ2) is 9.34. The molecule has 0 radical (unpaired) electrons. The minimum absolute atomic E-state index is 0. The number of halogens is 1. The van der Waals surface area contributed by atoms with Crippen molar-refractivity contribution in [3.8, 4) is 0 Å². The summed E-state index contributed by atoms with van der Waals surface area (Å²) in [6.45, 7) is 4.82. The number of fused-ring (bicyclic) bond motifs is 1. The van der Waals surface area contributed by atoms with Crippen molar-refractivity contribution in [1.82, 2.24) is 14.9 Å². The smallest absolute Gasteiger partial charge is 0.319 e. The second-order valence-electron chi connectivity index (χ2n) is 7.76. The molecule has 9 heteroatoms. The molecule has 2 aliphatic heterocycles. The van der Waals surface area contributed by atoms with Crippen molar-refractivity contribution >= 4 is 34.1 Å². The summed E-state index contributed by atoms with van der Waals surface area (Å²) >= 11 is 0. The zero-order valence-electron chi connectivity index (χ0n) is 16.7. The lowest BCUT2D eigenvalue weighted by atomic mass is 10.0. The van der Waals surface area contributed by atoms with E-state index >= 15 is 0 Å². The molecule has 7 nitrogen and oxygen atoms in total. The minimum atomic E-state index is -3.50. The number of amides is 2. The van der Waals surface area contributed by atoms with Gasteiger partial charge in [0.25, 0.3) is 0 Å². The number of anilines is 1. The highest BCUT2D eigenvalue weighted by atomic mass is 35.5. The molecule has 2 heterocycles. The van der Waals surface area contributed by atoms with E-state index in [0.29, 0.717) is 30.6 Å². The van der Waals surface area contributed by atoms with Crippen LogP contribution in [-0.2, 0) is 10.0 Å². The number of carbonyl (C=O) groups is 1. The molecule has 0 aliphatic carbocycles. The fourth-order valence-electron chi connectivity index (χ4n) is 4.06. The van der Waals surface area contributed by atoms with Crippen molar-refractivity contribution in [3.63, 3.8) is 0 Å². The highest BCUT2D eigenvalue weighted by Crippen LogP contribution is 2.31. The third-order valence-corrected chi connectivity index (χ3v) is 7.60. The first-order valence-electron chi connectivity index (χ1n) is 9.87. The van der Waals surface area contributed by atoms with Gasteiger partial charge in [-0.15, -0.1) is 12.4 Å². The van der Waals surface area contributed by atoms with Crippen LogP contribution in [0, 0.1) is 11.8 Å². The average molecular weight is 451 g/mol. The first kappa shape index (κ1) is 22.6. The molecule has 3 atom stereocenters. The zero-order valence-corrected chi connectivity index (χ0v) is 18.4. The predicted molar refractivity (Wildman–Crippen MR) is 119 cm³/mol. The monoisotopic (exact) mass is 450 g/mol. The van der Waals surface area contributed by atoms with Crippen LogP contribution in [0.2, 0.25) is 0 Å². The number of sulfonamides is 1. The van der Waals surface area contributed by atoms with Gasteiger partial charge in [-0.2, -0.15) is 4.31 Å². The quantitative estimate of drug-likeness (QED) is 0.653. The van der Waals surface area contributed by atoms with Gasteiger partial charge in [0.05, 0.1) is 10.9 Å². The van der Waals surface area contributed by atoms with E-state index in [-0.39, 0.29) is 29.4 Å². The molecule has 4 rings (SSSR count). The highest BCUT2D eigenvalue weighted by molar-refractivity contribution is 7.89. The minimum Gasteiger partial charge on any atom is -0.331 e. The molecule has 30 heavy (non-hydrogen) atoms. The Kier molecular flexibility index (Phi) is 7.02. The van der Waals surface area contributed by atoms with E-state index in [2.05, 4.69) is 16.0 Å². The van der Waals surface area contributed by atoms with E-state index in [0.717, 1.165) is 18.7 Å². The predicted octanol–water partition coefficient (Wildman–Crippen LogP) is 2.83. The fourth-order valence-corrected chi connectivity index (χ4v) is 5.61. The third-order valence-electron chi connectivity index (χ3n) is 5.75. The summed E-state index contributed by atoms with van der Waals surface area (Å²) < 4.78 is 27.4. The van der Waals surface area contributed by atoms with Crippen molar-refractivity contribution in [1.29, 1.82) is 0 Å². The number of urea groups is 1. The van der Waals surface area contributed by atoms with Gasteiger partial charge in [-0.1, -0.05) is 30.3 Å².